The van der Waals surface area contributed by atoms with Crippen molar-refractivity contribution in [3.63, 3.8) is 0 Å². The van der Waals surface area contributed by atoms with Gasteiger partial charge in [-0.1, -0.05) is 235 Å². The first-order valence-electron chi connectivity index (χ1n) is 28.2. The Morgan fingerprint density at radius 1 is 0.522 bits per heavy atom. The van der Waals surface area contributed by atoms with Crippen LogP contribution >= 0.6 is 7.82 Å². The summed E-state index contributed by atoms with van der Waals surface area (Å²) in [4.78, 5) is 25.5. The first kappa shape index (κ1) is 65.2. The van der Waals surface area contributed by atoms with Gasteiger partial charge in [-0.15, -0.1) is 0 Å². The van der Waals surface area contributed by atoms with E-state index in [4.69, 9.17) is 9.05 Å². The Bertz CT molecular complexity index is 1270. The maximum Gasteiger partial charge on any atom is 0.268 e. The summed E-state index contributed by atoms with van der Waals surface area (Å²) in [6.07, 6.45) is 65.8. The number of hydrogen-bond acceptors (Lipinski definition) is 6. The Morgan fingerprint density at radius 2 is 0.881 bits per heavy atom. The number of amides is 1. The number of allylic oxidation sites excluding steroid dienone is 9. The highest BCUT2D eigenvalue weighted by Crippen LogP contribution is 2.38. The Kier molecular flexibility index (Phi) is 47.9. The number of unbranched alkanes of at least 4 members (excludes halogenated alkanes) is 30. The van der Waals surface area contributed by atoms with Gasteiger partial charge < -0.3 is 28.8 Å². The van der Waals surface area contributed by atoms with Crippen molar-refractivity contribution in [1.29, 1.82) is 0 Å². The molecule has 0 saturated heterocycles. The molecule has 392 valence electrons. The minimum absolute atomic E-state index is 0.00761. The number of carbonyl (C=O) groups excluding carboxylic acids is 1. The van der Waals surface area contributed by atoms with Crippen molar-refractivity contribution in [2.45, 2.75) is 264 Å². The van der Waals surface area contributed by atoms with Gasteiger partial charge >= 0.3 is 0 Å². The van der Waals surface area contributed by atoms with Crippen LogP contribution in [0.1, 0.15) is 251 Å². The second kappa shape index (κ2) is 49.2. The van der Waals surface area contributed by atoms with Gasteiger partial charge in [0.2, 0.25) is 5.91 Å². The number of nitrogens with one attached hydrogen (secondary N) is 1. The lowest BCUT2D eigenvalue weighted by Crippen LogP contribution is -2.45. The summed E-state index contributed by atoms with van der Waals surface area (Å²) < 4.78 is 23.3. The SMILES string of the molecule is CCCCCCC/C=C\C/C=C\C/C=C\CCCCCCCCCCCCCCCCC(=O)NC(COP(=O)([O-])OCC[N+](C)(C)C)C(O)/C=C/CC/C=C/CCCCCCCCCCCC. The molecule has 3 unspecified atom stereocenters. The fraction of sp³-hybridized carbons (Fsp3) is 0.810. The fourth-order valence-corrected chi connectivity index (χ4v) is 8.72. The predicted octanol–water partition coefficient (Wildman–Crippen LogP) is 16.3. The van der Waals surface area contributed by atoms with Gasteiger partial charge in [0.25, 0.3) is 7.82 Å². The molecule has 0 bridgehead atoms. The second-order valence-electron chi connectivity index (χ2n) is 20.3. The van der Waals surface area contributed by atoms with Crippen molar-refractivity contribution >= 4 is 13.7 Å². The van der Waals surface area contributed by atoms with Crippen LogP contribution in [0, 0.1) is 0 Å². The highest BCUT2D eigenvalue weighted by atomic mass is 31.2. The van der Waals surface area contributed by atoms with Crippen molar-refractivity contribution in [3.8, 4) is 0 Å². The predicted molar refractivity (Wildman–Crippen MR) is 288 cm³/mol. The van der Waals surface area contributed by atoms with Crippen LogP contribution in [0.3, 0.4) is 0 Å². The van der Waals surface area contributed by atoms with Crippen molar-refractivity contribution < 1.29 is 32.9 Å². The van der Waals surface area contributed by atoms with E-state index in [1.54, 1.807) is 6.08 Å². The molecule has 0 aliphatic heterocycles. The third-order valence-electron chi connectivity index (χ3n) is 12.4. The summed E-state index contributed by atoms with van der Waals surface area (Å²) in [5, 5.41) is 13.8. The number of carbonyl (C=O) groups is 1. The zero-order valence-electron chi connectivity index (χ0n) is 44.6. The maximum absolute atomic E-state index is 12.9. The van der Waals surface area contributed by atoms with Gasteiger partial charge in [-0.25, -0.2) is 0 Å². The quantitative estimate of drug-likeness (QED) is 0.0272. The molecule has 0 aromatic carbocycles. The molecule has 0 saturated carbocycles. The minimum atomic E-state index is -4.60. The van der Waals surface area contributed by atoms with Gasteiger partial charge in [0.15, 0.2) is 0 Å². The topological polar surface area (TPSA) is 108 Å². The second-order valence-corrected chi connectivity index (χ2v) is 21.7. The van der Waals surface area contributed by atoms with Crippen molar-refractivity contribution in [2.75, 3.05) is 40.9 Å². The van der Waals surface area contributed by atoms with Gasteiger partial charge in [0, 0.05) is 6.42 Å². The van der Waals surface area contributed by atoms with E-state index >= 15 is 0 Å². The normalized spacial score (nSPS) is 14.4. The Balaban J connectivity index is 4.19. The Morgan fingerprint density at radius 3 is 1.31 bits per heavy atom. The number of nitrogens with zero attached hydrogens (tertiary/aromatic N) is 1. The van der Waals surface area contributed by atoms with Crippen LogP contribution in [0.4, 0.5) is 0 Å². The van der Waals surface area contributed by atoms with Gasteiger partial charge in [-0.05, 0) is 70.6 Å². The lowest BCUT2D eigenvalue weighted by Gasteiger charge is -2.29. The van der Waals surface area contributed by atoms with Crippen LogP contribution in [0.5, 0.6) is 0 Å². The molecule has 2 N–H and O–H groups in total. The van der Waals surface area contributed by atoms with E-state index < -0.39 is 26.6 Å². The smallest absolute Gasteiger partial charge is 0.268 e. The lowest BCUT2D eigenvalue weighted by atomic mass is 10.0. The minimum Gasteiger partial charge on any atom is -0.756 e. The van der Waals surface area contributed by atoms with E-state index in [9.17, 15) is 19.4 Å². The number of aliphatic hydroxyl groups excluding tert-OH is 1. The lowest BCUT2D eigenvalue weighted by molar-refractivity contribution is -0.870. The zero-order valence-corrected chi connectivity index (χ0v) is 45.5. The number of likely N-dealkylation sites (N-methyl/N-ethyl adjacent to an activating group) is 1. The van der Waals surface area contributed by atoms with E-state index in [1.165, 1.54) is 180 Å². The number of phosphoric acid groups is 1. The van der Waals surface area contributed by atoms with E-state index in [0.29, 0.717) is 17.4 Å². The third-order valence-corrected chi connectivity index (χ3v) is 13.4. The molecule has 0 heterocycles. The monoisotopic (exact) mass is 961 g/mol. The summed E-state index contributed by atoms with van der Waals surface area (Å²) in [6.45, 7) is 4.62. The van der Waals surface area contributed by atoms with Crippen molar-refractivity contribution in [3.05, 3.63) is 60.8 Å². The first-order valence-corrected chi connectivity index (χ1v) is 29.6. The molecule has 0 fully saturated rings. The number of aliphatic hydroxyl groups is 1. The fourth-order valence-electron chi connectivity index (χ4n) is 8.00. The molecule has 0 radical (unpaired) electrons. The molecular weight excluding hydrogens is 852 g/mol. The van der Waals surface area contributed by atoms with Crippen LogP contribution in [0.25, 0.3) is 0 Å². The molecule has 67 heavy (non-hydrogen) atoms. The molecule has 0 aromatic heterocycles. The maximum atomic E-state index is 12.9. The van der Waals surface area contributed by atoms with Crippen molar-refractivity contribution in [2.24, 2.45) is 0 Å². The Hall–Kier alpha value is -1.80. The molecule has 8 nitrogen and oxygen atoms in total. The van der Waals surface area contributed by atoms with Gasteiger partial charge in [-0.2, -0.15) is 0 Å². The van der Waals surface area contributed by atoms with Crippen molar-refractivity contribution in [1.82, 2.24) is 5.32 Å². The average Bonchev–Trinajstić information content (AvgIpc) is 3.29. The summed E-state index contributed by atoms with van der Waals surface area (Å²) in [5.74, 6) is -0.208. The highest BCUT2D eigenvalue weighted by Gasteiger charge is 2.23. The van der Waals surface area contributed by atoms with Crippen LogP contribution < -0.4 is 10.2 Å². The van der Waals surface area contributed by atoms with Crippen LogP contribution in [-0.4, -0.2) is 68.5 Å². The standard InChI is InChI=1S/C58H109N2O6P/c1-6-8-10-12-14-16-18-20-22-24-25-26-27-28-29-30-31-32-33-34-35-36-38-40-42-44-46-48-50-52-58(62)59-56(55-66-67(63,64)65-54-53-60(3,4)5)57(61)51-49-47-45-43-41-39-37-23-21-19-17-15-13-11-9-7-2/h18,20,24-25,27-28,41,43,49,51,56-57,61H,6-17,19,21-23,26,29-40,42,44-48,50,52-55H2,1-5H3,(H-,59,62,63,64)/b20-18-,25-24-,28-27-,43-41+,51-49+. The van der Waals surface area contributed by atoms with E-state index in [2.05, 4.69) is 67.8 Å². The molecule has 1 amide bonds. The molecule has 0 rings (SSSR count). The molecule has 3 atom stereocenters. The van der Waals surface area contributed by atoms with Crippen LogP contribution in [-0.2, 0) is 18.4 Å². The summed E-state index contributed by atoms with van der Waals surface area (Å²) in [6, 6.07) is -0.905. The van der Waals surface area contributed by atoms with Crippen LogP contribution in [0.15, 0.2) is 60.8 Å². The van der Waals surface area contributed by atoms with Gasteiger partial charge in [0.1, 0.15) is 13.2 Å². The third kappa shape index (κ3) is 51.9. The zero-order chi connectivity index (χ0) is 49.2. The number of rotatable bonds is 51. The highest BCUT2D eigenvalue weighted by molar-refractivity contribution is 7.45. The van der Waals surface area contributed by atoms with Crippen LogP contribution in [0.2, 0.25) is 0 Å². The molecule has 0 aromatic rings. The number of quaternary nitrogens is 1. The summed E-state index contributed by atoms with van der Waals surface area (Å²) in [7, 11) is 1.24. The molecule has 0 spiro atoms. The van der Waals surface area contributed by atoms with Gasteiger partial charge in [0.05, 0.1) is 39.9 Å². The number of hydrogen-bond donors (Lipinski definition) is 2. The molecule has 9 heteroatoms. The van der Waals surface area contributed by atoms with E-state index in [0.717, 1.165) is 51.4 Å². The molecule has 0 aliphatic rings. The first-order chi connectivity index (χ1) is 32.5. The molecular formula is C58H109N2O6P. The molecule has 0 aliphatic carbocycles. The summed E-state index contributed by atoms with van der Waals surface area (Å²) >= 11 is 0. The van der Waals surface area contributed by atoms with E-state index in [1.807, 2.05) is 27.2 Å². The van der Waals surface area contributed by atoms with Gasteiger partial charge in [-0.3, -0.25) is 9.36 Å². The average molecular weight is 961 g/mol. The number of phosphoric ester groups is 1. The largest absolute Gasteiger partial charge is 0.756 e. The Labute approximate surface area is 415 Å². The van der Waals surface area contributed by atoms with E-state index in [-0.39, 0.29) is 12.5 Å². The summed E-state index contributed by atoms with van der Waals surface area (Å²) in [5.41, 5.74) is 0.